The molecular weight excluding hydrogens is 228 g/mol. The minimum atomic E-state index is -0.597. The molecule has 3 atom stereocenters. The minimum absolute atomic E-state index is 0.421. The van der Waals surface area contributed by atoms with E-state index in [1.165, 1.54) is 6.42 Å². The average molecular weight is 254 g/mol. The second-order valence-electron chi connectivity index (χ2n) is 5.70. The van der Waals surface area contributed by atoms with Gasteiger partial charge in [-0.1, -0.05) is 19.8 Å². The molecule has 3 unspecified atom stereocenters. The van der Waals surface area contributed by atoms with Crippen molar-refractivity contribution in [1.82, 2.24) is 0 Å². The first-order chi connectivity index (χ1) is 8.68. The van der Waals surface area contributed by atoms with Crippen LogP contribution in [0.5, 0.6) is 0 Å². The first kappa shape index (κ1) is 13.9. The molecular formula is C15H26O3. The van der Waals surface area contributed by atoms with E-state index in [2.05, 4.69) is 6.92 Å². The van der Waals surface area contributed by atoms with Gasteiger partial charge in [0.25, 0.3) is 0 Å². The highest BCUT2D eigenvalue weighted by Gasteiger charge is 2.44. The van der Waals surface area contributed by atoms with Gasteiger partial charge in [-0.2, -0.15) is 0 Å². The Kier molecular flexibility index (Phi) is 4.68. The quantitative estimate of drug-likeness (QED) is 0.838. The first-order valence-corrected chi connectivity index (χ1v) is 7.33. The van der Waals surface area contributed by atoms with Crippen LogP contribution in [0.1, 0.15) is 52.4 Å². The van der Waals surface area contributed by atoms with Gasteiger partial charge >= 0.3 is 0 Å². The van der Waals surface area contributed by atoms with Crippen LogP contribution < -0.4 is 0 Å². The summed E-state index contributed by atoms with van der Waals surface area (Å²) in [6, 6.07) is 0. The second kappa shape index (κ2) is 6.07. The Morgan fingerprint density at radius 1 is 1.56 bits per heavy atom. The zero-order valence-corrected chi connectivity index (χ0v) is 11.7. The molecule has 104 valence electrons. The van der Waals surface area contributed by atoms with Gasteiger partial charge in [-0.05, 0) is 44.6 Å². The molecule has 0 aromatic carbocycles. The van der Waals surface area contributed by atoms with Crippen LogP contribution in [0.4, 0.5) is 0 Å². The number of aliphatic hydroxyl groups excluding tert-OH is 1. The standard InChI is InChI=1S/C15H26O3/c1-3-18-15(9-6-7-12(2)11-15)14(16)13-8-4-5-10-17-13/h8,12,14,16H,3-7,9-11H2,1-2H3. The van der Waals surface area contributed by atoms with E-state index in [1.807, 2.05) is 13.0 Å². The molecule has 1 fully saturated rings. The number of allylic oxidation sites excluding steroid dienone is 1. The lowest BCUT2D eigenvalue weighted by Gasteiger charge is -2.43. The Bertz CT molecular complexity index is 296. The van der Waals surface area contributed by atoms with Crippen molar-refractivity contribution < 1.29 is 14.6 Å². The van der Waals surface area contributed by atoms with Crippen LogP contribution in [-0.2, 0) is 9.47 Å². The molecule has 18 heavy (non-hydrogen) atoms. The molecule has 0 amide bonds. The maximum Gasteiger partial charge on any atom is 0.139 e. The third kappa shape index (κ3) is 2.89. The Balaban J connectivity index is 2.14. The maximum atomic E-state index is 10.7. The lowest BCUT2D eigenvalue weighted by molar-refractivity contribution is -0.148. The monoisotopic (exact) mass is 254 g/mol. The predicted octanol–water partition coefficient (Wildman–Crippen LogP) is 3.03. The van der Waals surface area contributed by atoms with E-state index in [4.69, 9.17) is 9.47 Å². The van der Waals surface area contributed by atoms with Crippen LogP contribution >= 0.6 is 0 Å². The van der Waals surface area contributed by atoms with Crippen molar-refractivity contribution in [2.75, 3.05) is 13.2 Å². The molecule has 0 aromatic rings. The van der Waals surface area contributed by atoms with Gasteiger partial charge in [-0.25, -0.2) is 0 Å². The molecule has 0 saturated heterocycles. The summed E-state index contributed by atoms with van der Waals surface area (Å²) in [5.74, 6) is 1.35. The van der Waals surface area contributed by atoms with E-state index in [1.54, 1.807) is 0 Å². The van der Waals surface area contributed by atoms with Crippen molar-refractivity contribution in [2.45, 2.75) is 64.1 Å². The van der Waals surface area contributed by atoms with Crippen molar-refractivity contribution in [3.8, 4) is 0 Å². The number of aliphatic hydroxyl groups is 1. The third-order valence-electron chi connectivity index (χ3n) is 4.15. The summed E-state index contributed by atoms with van der Waals surface area (Å²) < 4.78 is 11.6. The average Bonchev–Trinajstić information content (AvgIpc) is 2.39. The van der Waals surface area contributed by atoms with E-state index in [0.29, 0.717) is 12.5 Å². The van der Waals surface area contributed by atoms with E-state index < -0.39 is 11.7 Å². The van der Waals surface area contributed by atoms with Crippen LogP contribution in [0.3, 0.4) is 0 Å². The molecule has 3 heteroatoms. The number of rotatable bonds is 4. The summed E-state index contributed by atoms with van der Waals surface area (Å²) in [5.41, 5.74) is -0.421. The van der Waals surface area contributed by atoms with E-state index >= 15 is 0 Å². The predicted molar refractivity (Wildman–Crippen MR) is 71.3 cm³/mol. The van der Waals surface area contributed by atoms with Gasteiger partial charge in [0.15, 0.2) is 0 Å². The van der Waals surface area contributed by atoms with Crippen molar-refractivity contribution in [3.63, 3.8) is 0 Å². The Morgan fingerprint density at radius 3 is 3.00 bits per heavy atom. The summed E-state index contributed by atoms with van der Waals surface area (Å²) in [4.78, 5) is 0. The normalized spacial score (nSPS) is 34.6. The number of hydrogen-bond acceptors (Lipinski definition) is 3. The largest absolute Gasteiger partial charge is 0.495 e. The Morgan fingerprint density at radius 2 is 2.39 bits per heavy atom. The van der Waals surface area contributed by atoms with Crippen LogP contribution in [-0.4, -0.2) is 30.0 Å². The summed E-state index contributed by atoms with van der Waals surface area (Å²) in [6.07, 6.45) is 7.73. The van der Waals surface area contributed by atoms with Crippen LogP contribution in [0.2, 0.25) is 0 Å². The van der Waals surface area contributed by atoms with E-state index in [0.717, 1.165) is 44.5 Å². The molecule has 1 aliphatic heterocycles. The van der Waals surface area contributed by atoms with Gasteiger partial charge in [0.1, 0.15) is 17.5 Å². The van der Waals surface area contributed by atoms with E-state index in [9.17, 15) is 5.11 Å². The minimum Gasteiger partial charge on any atom is -0.495 e. The van der Waals surface area contributed by atoms with Crippen LogP contribution in [0, 0.1) is 5.92 Å². The van der Waals surface area contributed by atoms with Crippen molar-refractivity contribution in [3.05, 3.63) is 11.8 Å². The molecule has 0 radical (unpaired) electrons. The van der Waals surface area contributed by atoms with Gasteiger partial charge < -0.3 is 14.6 Å². The van der Waals surface area contributed by atoms with E-state index in [-0.39, 0.29) is 0 Å². The molecule has 2 aliphatic rings. The summed E-state index contributed by atoms with van der Waals surface area (Å²) in [7, 11) is 0. The van der Waals surface area contributed by atoms with Gasteiger partial charge in [0, 0.05) is 6.61 Å². The molecule has 1 N–H and O–H groups in total. The summed E-state index contributed by atoms with van der Waals surface area (Å²) in [6.45, 7) is 5.62. The van der Waals surface area contributed by atoms with Crippen LogP contribution in [0.15, 0.2) is 11.8 Å². The molecule has 0 aromatic heterocycles. The highest BCUT2D eigenvalue weighted by Crippen LogP contribution is 2.40. The van der Waals surface area contributed by atoms with Gasteiger partial charge in [-0.3, -0.25) is 0 Å². The smallest absolute Gasteiger partial charge is 0.139 e. The molecule has 1 heterocycles. The summed E-state index contributed by atoms with van der Waals surface area (Å²) in [5, 5.41) is 10.7. The molecule has 1 aliphatic carbocycles. The zero-order valence-electron chi connectivity index (χ0n) is 11.7. The highest BCUT2D eigenvalue weighted by molar-refractivity contribution is 5.11. The van der Waals surface area contributed by atoms with Gasteiger partial charge in [0.2, 0.25) is 0 Å². The number of hydrogen-bond donors (Lipinski definition) is 1. The maximum absolute atomic E-state index is 10.7. The van der Waals surface area contributed by atoms with Gasteiger partial charge in [-0.15, -0.1) is 0 Å². The molecule has 2 rings (SSSR count). The third-order valence-corrected chi connectivity index (χ3v) is 4.15. The van der Waals surface area contributed by atoms with Crippen molar-refractivity contribution >= 4 is 0 Å². The Hall–Kier alpha value is -0.540. The van der Waals surface area contributed by atoms with Gasteiger partial charge in [0.05, 0.1) is 6.61 Å². The lowest BCUT2D eigenvalue weighted by atomic mass is 9.75. The van der Waals surface area contributed by atoms with Crippen LogP contribution in [0.25, 0.3) is 0 Å². The summed E-state index contributed by atoms with van der Waals surface area (Å²) >= 11 is 0. The first-order valence-electron chi connectivity index (χ1n) is 7.33. The molecule has 0 bridgehead atoms. The molecule has 0 spiro atoms. The van der Waals surface area contributed by atoms with Crippen molar-refractivity contribution in [2.24, 2.45) is 5.92 Å². The Labute approximate surface area is 110 Å². The number of ether oxygens (including phenoxy) is 2. The fourth-order valence-electron chi connectivity index (χ4n) is 3.32. The van der Waals surface area contributed by atoms with Crippen molar-refractivity contribution in [1.29, 1.82) is 0 Å². The topological polar surface area (TPSA) is 38.7 Å². The highest BCUT2D eigenvalue weighted by atomic mass is 16.5. The SMILES string of the molecule is CCOC1(C(O)C2=CCCCO2)CCCC(C)C1. The zero-order chi connectivity index (χ0) is 13.0. The fourth-order valence-corrected chi connectivity index (χ4v) is 3.32. The fraction of sp³-hybridized carbons (Fsp3) is 0.867. The molecule has 1 saturated carbocycles. The lowest BCUT2D eigenvalue weighted by Crippen LogP contribution is -2.49. The second-order valence-corrected chi connectivity index (χ2v) is 5.70. The molecule has 3 nitrogen and oxygen atoms in total.